The van der Waals surface area contributed by atoms with E-state index >= 15 is 0 Å². The van der Waals surface area contributed by atoms with E-state index in [2.05, 4.69) is 10.3 Å². The SMILES string of the molecule is Nc1c(NCCO)nc2ccccn2c1=O. The Morgan fingerprint density at radius 1 is 1.50 bits per heavy atom. The van der Waals surface area contributed by atoms with Crippen molar-refractivity contribution in [3.63, 3.8) is 0 Å². The monoisotopic (exact) mass is 220 g/mol. The van der Waals surface area contributed by atoms with E-state index in [1.54, 1.807) is 24.4 Å². The summed E-state index contributed by atoms with van der Waals surface area (Å²) >= 11 is 0. The normalized spacial score (nSPS) is 10.6. The quantitative estimate of drug-likeness (QED) is 0.659. The number of anilines is 2. The molecular weight excluding hydrogens is 208 g/mol. The van der Waals surface area contributed by atoms with Gasteiger partial charge in [-0.05, 0) is 12.1 Å². The molecule has 0 aliphatic carbocycles. The second-order valence-corrected chi connectivity index (χ2v) is 3.26. The van der Waals surface area contributed by atoms with Crippen LogP contribution in [0.1, 0.15) is 0 Å². The van der Waals surface area contributed by atoms with Gasteiger partial charge in [-0.2, -0.15) is 0 Å². The summed E-state index contributed by atoms with van der Waals surface area (Å²) < 4.78 is 1.37. The van der Waals surface area contributed by atoms with Crippen LogP contribution in [0.15, 0.2) is 29.2 Å². The van der Waals surface area contributed by atoms with Crippen molar-refractivity contribution >= 4 is 17.2 Å². The van der Waals surface area contributed by atoms with E-state index in [-0.39, 0.29) is 17.9 Å². The van der Waals surface area contributed by atoms with Gasteiger partial charge in [-0.1, -0.05) is 6.07 Å². The Labute approximate surface area is 91.4 Å². The Kier molecular flexibility index (Phi) is 2.74. The number of rotatable bonds is 3. The van der Waals surface area contributed by atoms with Gasteiger partial charge in [0.05, 0.1) is 6.61 Å². The summed E-state index contributed by atoms with van der Waals surface area (Å²) in [4.78, 5) is 16.0. The molecule has 2 aromatic heterocycles. The second kappa shape index (κ2) is 4.19. The number of nitrogens with zero attached hydrogens (tertiary/aromatic N) is 2. The Morgan fingerprint density at radius 2 is 2.31 bits per heavy atom. The van der Waals surface area contributed by atoms with Gasteiger partial charge >= 0.3 is 0 Å². The summed E-state index contributed by atoms with van der Waals surface area (Å²) in [5.41, 5.74) is 5.90. The fourth-order valence-corrected chi connectivity index (χ4v) is 1.41. The smallest absolute Gasteiger partial charge is 0.283 e. The van der Waals surface area contributed by atoms with Crippen molar-refractivity contribution < 1.29 is 5.11 Å². The third-order valence-corrected chi connectivity index (χ3v) is 2.17. The minimum Gasteiger partial charge on any atom is -0.395 e. The topological polar surface area (TPSA) is 92.7 Å². The van der Waals surface area contributed by atoms with Gasteiger partial charge in [0.2, 0.25) is 0 Å². The molecule has 0 bridgehead atoms. The number of nitrogens with two attached hydrogens (primary N) is 1. The summed E-state index contributed by atoms with van der Waals surface area (Å²) in [7, 11) is 0. The van der Waals surface area contributed by atoms with Gasteiger partial charge in [-0.25, -0.2) is 4.98 Å². The number of nitrogens with one attached hydrogen (secondary N) is 1. The molecule has 0 radical (unpaired) electrons. The molecule has 6 nitrogen and oxygen atoms in total. The number of aliphatic hydroxyl groups is 1. The van der Waals surface area contributed by atoms with Crippen LogP contribution in [0.3, 0.4) is 0 Å². The molecule has 16 heavy (non-hydrogen) atoms. The highest BCUT2D eigenvalue weighted by molar-refractivity contribution is 5.63. The summed E-state index contributed by atoms with van der Waals surface area (Å²) in [5.74, 6) is 0.310. The largest absolute Gasteiger partial charge is 0.395 e. The van der Waals surface area contributed by atoms with Crippen LogP contribution in [-0.2, 0) is 0 Å². The van der Waals surface area contributed by atoms with Gasteiger partial charge in [0.25, 0.3) is 5.56 Å². The first-order valence-electron chi connectivity index (χ1n) is 4.85. The summed E-state index contributed by atoms with van der Waals surface area (Å²) in [5, 5.41) is 11.5. The average molecular weight is 220 g/mol. The molecule has 84 valence electrons. The lowest BCUT2D eigenvalue weighted by molar-refractivity contribution is 0.311. The Bertz CT molecular complexity index is 564. The molecule has 2 heterocycles. The minimum atomic E-state index is -0.314. The van der Waals surface area contributed by atoms with Crippen LogP contribution in [-0.4, -0.2) is 27.6 Å². The van der Waals surface area contributed by atoms with Crippen molar-refractivity contribution in [3.8, 4) is 0 Å². The predicted octanol–water partition coefficient (Wildman–Crippen LogP) is -0.319. The van der Waals surface area contributed by atoms with Crippen molar-refractivity contribution in [2.45, 2.75) is 0 Å². The van der Waals surface area contributed by atoms with Crippen LogP contribution in [0.4, 0.5) is 11.5 Å². The van der Waals surface area contributed by atoms with Gasteiger partial charge in [0.1, 0.15) is 11.3 Å². The standard InChI is InChI=1S/C10H12N4O2/c11-8-9(12-4-6-15)13-7-3-1-2-5-14(7)10(8)16/h1-3,5,12,15H,4,6,11H2. The fraction of sp³-hybridized carbons (Fsp3) is 0.200. The van der Waals surface area contributed by atoms with E-state index in [1.165, 1.54) is 4.40 Å². The van der Waals surface area contributed by atoms with E-state index < -0.39 is 0 Å². The van der Waals surface area contributed by atoms with Crippen LogP contribution >= 0.6 is 0 Å². The van der Waals surface area contributed by atoms with Crippen molar-refractivity contribution in [2.75, 3.05) is 24.2 Å². The first-order chi connectivity index (χ1) is 7.74. The zero-order chi connectivity index (χ0) is 11.5. The highest BCUT2D eigenvalue weighted by atomic mass is 16.3. The molecule has 0 saturated heterocycles. The molecule has 0 aromatic carbocycles. The molecule has 0 atom stereocenters. The molecule has 0 unspecified atom stereocenters. The Morgan fingerprint density at radius 3 is 3.06 bits per heavy atom. The maximum absolute atomic E-state index is 11.8. The number of pyridine rings is 1. The second-order valence-electron chi connectivity index (χ2n) is 3.26. The highest BCUT2D eigenvalue weighted by Gasteiger charge is 2.07. The van der Waals surface area contributed by atoms with Gasteiger partial charge < -0.3 is 16.2 Å². The molecule has 4 N–H and O–H groups in total. The van der Waals surface area contributed by atoms with Gasteiger partial charge in [-0.3, -0.25) is 9.20 Å². The summed E-state index contributed by atoms with van der Waals surface area (Å²) in [6.45, 7) is 0.259. The van der Waals surface area contributed by atoms with E-state index in [4.69, 9.17) is 10.8 Å². The van der Waals surface area contributed by atoms with Crippen molar-refractivity contribution in [3.05, 3.63) is 34.7 Å². The molecule has 0 aliphatic heterocycles. The molecule has 2 aromatic rings. The number of aliphatic hydroxyl groups excluding tert-OH is 1. The maximum Gasteiger partial charge on any atom is 0.283 e. The van der Waals surface area contributed by atoms with E-state index in [0.717, 1.165) is 0 Å². The molecule has 0 saturated carbocycles. The maximum atomic E-state index is 11.8. The zero-order valence-electron chi connectivity index (χ0n) is 8.55. The first kappa shape index (κ1) is 10.4. The van der Waals surface area contributed by atoms with E-state index in [9.17, 15) is 4.79 Å². The average Bonchev–Trinajstić information content (AvgIpc) is 2.32. The Hall–Kier alpha value is -2.08. The third kappa shape index (κ3) is 1.70. The predicted molar refractivity (Wildman–Crippen MR) is 61.4 cm³/mol. The lowest BCUT2D eigenvalue weighted by Gasteiger charge is -2.08. The van der Waals surface area contributed by atoms with Crippen molar-refractivity contribution in [1.82, 2.24) is 9.38 Å². The fourth-order valence-electron chi connectivity index (χ4n) is 1.41. The number of hydrogen-bond donors (Lipinski definition) is 3. The molecule has 6 heteroatoms. The van der Waals surface area contributed by atoms with Gasteiger partial charge in [0, 0.05) is 12.7 Å². The minimum absolute atomic E-state index is 0.0463. The number of fused-ring (bicyclic) bond motifs is 1. The van der Waals surface area contributed by atoms with Crippen molar-refractivity contribution in [1.29, 1.82) is 0 Å². The van der Waals surface area contributed by atoms with E-state index in [0.29, 0.717) is 18.0 Å². The summed E-state index contributed by atoms with van der Waals surface area (Å²) in [6.07, 6.45) is 1.61. The van der Waals surface area contributed by atoms with Gasteiger partial charge in [-0.15, -0.1) is 0 Å². The molecule has 0 amide bonds. The van der Waals surface area contributed by atoms with Crippen LogP contribution < -0.4 is 16.6 Å². The molecule has 0 spiro atoms. The highest BCUT2D eigenvalue weighted by Crippen LogP contribution is 2.11. The van der Waals surface area contributed by atoms with Crippen LogP contribution in [0.2, 0.25) is 0 Å². The Balaban J connectivity index is 2.60. The lowest BCUT2D eigenvalue weighted by atomic mass is 10.4. The van der Waals surface area contributed by atoms with Crippen LogP contribution in [0, 0.1) is 0 Å². The van der Waals surface area contributed by atoms with Crippen LogP contribution in [0.5, 0.6) is 0 Å². The lowest BCUT2D eigenvalue weighted by Crippen LogP contribution is -2.22. The number of hydrogen-bond acceptors (Lipinski definition) is 5. The number of nitrogen functional groups attached to an aromatic ring is 1. The number of aromatic nitrogens is 2. The van der Waals surface area contributed by atoms with Crippen LogP contribution in [0.25, 0.3) is 5.65 Å². The zero-order valence-corrected chi connectivity index (χ0v) is 8.55. The van der Waals surface area contributed by atoms with E-state index in [1.807, 2.05) is 0 Å². The first-order valence-corrected chi connectivity index (χ1v) is 4.85. The third-order valence-electron chi connectivity index (χ3n) is 2.17. The molecule has 0 fully saturated rings. The molecule has 2 rings (SSSR count). The van der Waals surface area contributed by atoms with Crippen molar-refractivity contribution in [2.24, 2.45) is 0 Å². The van der Waals surface area contributed by atoms with Gasteiger partial charge in [0.15, 0.2) is 5.82 Å². The molecular formula is C10H12N4O2. The summed E-state index contributed by atoms with van der Waals surface area (Å²) in [6, 6.07) is 5.23. The molecule has 0 aliphatic rings.